The normalized spacial score (nSPS) is 22.2. The van der Waals surface area contributed by atoms with Crippen molar-refractivity contribution < 1.29 is 5.11 Å². The first-order valence-corrected chi connectivity index (χ1v) is 6.96. The van der Waals surface area contributed by atoms with Crippen LogP contribution in [0.25, 0.3) is 5.65 Å². The summed E-state index contributed by atoms with van der Waals surface area (Å²) >= 11 is 0. The Balaban J connectivity index is 1.76. The molecular weight excluding hydrogens is 238 g/mol. The number of nitrogens with zero attached hydrogens (tertiary/aromatic N) is 3. The highest BCUT2D eigenvalue weighted by atomic mass is 16.3. The zero-order valence-electron chi connectivity index (χ0n) is 11.6. The van der Waals surface area contributed by atoms with Gasteiger partial charge in [0.05, 0.1) is 18.0 Å². The summed E-state index contributed by atoms with van der Waals surface area (Å²) in [6, 6.07) is 4.22. The molecule has 0 spiro atoms. The van der Waals surface area contributed by atoms with Gasteiger partial charge in [-0.25, -0.2) is 4.98 Å². The van der Waals surface area contributed by atoms with Gasteiger partial charge in [0.25, 0.3) is 0 Å². The van der Waals surface area contributed by atoms with Crippen LogP contribution in [0.5, 0.6) is 0 Å². The number of fused-ring (bicyclic) bond motifs is 1. The SMILES string of the molecule is Cc1ccn2c(CN3CCC(C(C)O)C3)cnc2c1. The second-order valence-electron chi connectivity index (χ2n) is 5.71. The molecule has 1 aliphatic heterocycles. The zero-order valence-corrected chi connectivity index (χ0v) is 11.6. The van der Waals surface area contributed by atoms with E-state index in [4.69, 9.17) is 0 Å². The molecule has 4 nitrogen and oxygen atoms in total. The van der Waals surface area contributed by atoms with E-state index in [9.17, 15) is 5.11 Å². The Hall–Kier alpha value is -1.39. The molecule has 1 fully saturated rings. The fraction of sp³-hybridized carbons (Fsp3) is 0.533. The van der Waals surface area contributed by atoms with Gasteiger partial charge in [-0.05, 0) is 50.4 Å². The minimum absolute atomic E-state index is 0.199. The maximum atomic E-state index is 9.65. The van der Waals surface area contributed by atoms with Crippen molar-refractivity contribution in [1.29, 1.82) is 0 Å². The van der Waals surface area contributed by atoms with Crippen LogP contribution in [0.3, 0.4) is 0 Å². The Morgan fingerprint density at radius 1 is 1.53 bits per heavy atom. The van der Waals surface area contributed by atoms with Crippen molar-refractivity contribution in [3.8, 4) is 0 Å². The molecule has 2 aromatic heterocycles. The molecule has 1 N–H and O–H groups in total. The summed E-state index contributed by atoms with van der Waals surface area (Å²) in [6.45, 7) is 6.94. The molecule has 0 amide bonds. The topological polar surface area (TPSA) is 40.8 Å². The monoisotopic (exact) mass is 259 g/mol. The Morgan fingerprint density at radius 2 is 2.37 bits per heavy atom. The van der Waals surface area contributed by atoms with Crippen LogP contribution in [0, 0.1) is 12.8 Å². The molecule has 2 aromatic rings. The van der Waals surface area contributed by atoms with Crippen molar-refractivity contribution in [2.45, 2.75) is 32.9 Å². The minimum atomic E-state index is -0.199. The minimum Gasteiger partial charge on any atom is -0.393 e. The molecule has 102 valence electrons. The van der Waals surface area contributed by atoms with E-state index < -0.39 is 0 Å². The standard InChI is InChI=1S/C15H21N3O/c1-11-3-6-18-14(8-16-15(18)7-11)10-17-5-4-13(9-17)12(2)19/h3,6-8,12-13,19H,4-5,9-10H2,1-2H3. The predicted molar refractivity (Wildman–Crippen MR) is 75.0 cm³/mol. The lowest BCUT2D eigenvalue weighted by atomic mass is 10.0. The number of aliphatic hydroxyl groups is 1. The number of pyridine rings is 1. The van der Waals surface area contributed by atoms with Crippen LogP contribution >= 0.6 is 0 Å². The third kappa shape index (κ3) is 2.51. The molecule has 2 atom stereocenters. The van der Waals surface area contributed by atoms with Crippen molar-refractivity contribution in [3.63, 3.8) is 0 Å². The largest absolute Gasteiger partial charge is 0.393 e. The molecule has 0 saturated carbocycles. The molecule has 3 heterocycles. The van der Waals surface area contributed by atoms with Crippen molar-refractivity contribution in [2.75, 3.05) is 13.1 Å². The fourth-order valence-corrected chi connectivity index (χ4v) is 2.88. The van der Waals surface area contributed by atoms with Crippen LogP contribution in [0.15, 0.2) is 24.5 Å². The summed E-state index contributed by atoms with van der Waals surface area (Å²) in [4.78, 5) is 6.87. The summed E-state index contributed by atoms with van der Waals surface area (Å²) in [7, 11) is 0. The van der Waals surface area contributed by atoms with E-state index in [1.807, 2.05) is 13.1 Å². The smallest absolute Gasteiger partial charge is 0.137 e. The first-order valence-electron chi connectivity index (χ1n) is 6.96. The van der Waals surface area contributed by atoms with E-state index in [-0.39, 0.29) is 6.10 Å². The Bertz CT molecular complexity index is 576. The van der Waals surface area contributed by atoms with Crippen molar-refractivity contribution >= 4 is 5.65 Å². The zero-order chi connectivity index (χ0) is 13.4. The van der Waals surface area contributed by atoms with Gasteiger partial charge < -0.3 is 9.51 Å². The van der Waals surface area contributed by atoms with E-state index in [0.717, 1.165) is 31.7 Å². The molecular formula is C15H21N3O. The van der Waals surface area contributed by atoms with Gasteiger partial charge in [0.1, 0.15) is 5.65 Å². The molecule has 2 unspecified atom stereocenters. The number of likely N-dealkylation sites (tertiary alicyclic amines) is 1. The number of rotatable bonds is 3. The van der Waals surface area contributed by atoms with Gasteiger partial charge in [0.15, 0.2) is 0 Å². The second-order valence-corrected chi connectivity index (χ2v) is 5.71. The van der Waals surface area contributed by atoms with Crippen LogP contribution in [0.2, 0.25) is 0 Å². The van der Waals surface area contributed by atoms with Crippen LogP contribution < -0.4 is 0 Å². The molecule has 19 heavy (non-hydrogen) atoms. The molecule has 1 saturated heterocycles. The molecule has 0 aromatic carbocycles. The predicted octanol–water partition coefficient (Wildman–Crippen LogP) is 1.85. The van der Waals surface area contributed by atoms with Gasteiger partial charge in [-0.3, -0.25) is 4.90 Å². The average Bonchev–Trinajstić information content (AvgIpc) is 2.97. The second kappa shape index (κ2) is 4.94. The maximum absolute atomic E-state index is 9.65. The summed E-state index contributed by atoms with van der Waals surface area (Å²) < 4.78 is 2.16. The summed E-state index contributed by atoms with van der Waals surface area (Å²) in [6.07, 6.45) is 4.95. The van der Waals surface area contributed by atoms with E-state index in [1.165, 1.54) is 11.3 Å². The summed E-state index contributed by atoms with van der Waals surface area (Å²) in [5, 5.41) is 9.65. The number of hydrogen-bond donors (Lipinski definition) is 1. The number of imidazole rings is 1. The van der Waals surface area contributed by atoms with Gasteiger partial charge in [-0.1, -0.05) is 0 Å². The van der Waals surface area contributed by atoms with E-state index in [1.54, 1.807) is 0 Å². The van der Waals surface area contributed by atoms with Gasteiger partial charge in [-0.15, -0.1) is 0 Å². The average molecular weight is 259 g/mol. The van der Waals surface area contributed by atoms with Gasteiger partial charge in [-0.2, -0.15) is 0 Å². The van der Waals surface area contributed by atoms with E-state index in [2.05, 4.69) is 39.5 Å². The van der Waals surface area contributed by atoms with Gasteiger partial charge >= 0.3 is 0 Å². The molecule has 0 radical (unpaired) electrons. The first kappa shape index (κ1) is 12.6. The molecule has 4 heteroatoms. The van der Waals surface area contributed by atoms with Gasteiger partial charge in [0, 0.05) is 19.3 Å². The fourth-order valence-electron chi connectivity index (χ4n) is 2.88. The lowest BCUT2D eigenvalue weighted by Gasteiger charge is -2.17. The number of aryl methyl sites for hydroxylation is 1. The Morgan fingerprint density at radius 3 is 3.11 bits per heavy atom. The summed E-state index contributed by atoms with van der Waals surface area (Å²) in [5.41, 5.74) is 3.47. The maximum Gasteiger partial charge on any atom is 0.137 e. The van der Waals surface area contributed by atoms with Crippen LogP contribution in [0.4, 0.5) is 0 Å². The lowest BCUT2D eigenvalue weighted by molar-refractivity contribution is 0.127. The van der Waals surface area contributed by atoms with Crippen molar-refractivity contribution in [2.24, 2.45) is 5.92 Å². The Labute approximate surface area is 113 Å². The third-order valence-electron chi connectivity index (χ3n) is 4.12. The highest BCUT2D eigenvalue weighted by Crippen LogP contribution is 2.21. The highest BCUT2D eigenvalue weighted by Gasteiger charge is 2.26. The van der Waals surface area contributed by atoms with Crippen molar-refractivity contribution in [1.82, 2.24) is 14.3 Å². The molecule has 0 aliphatic carbocycles. The van der Waals surface area contributed by atoms with Crippen LogP contribution in [0.1, 0.15) is 24.6 Å². The number of aliphatic hydroxyl groups excluding tert-OH is 1. The van der Waals surface area contributed by atoms with E-state index >= 15 is 0 Å². The summed E-state index contributed by atoms with van der Waals surface area (Å²) in [5.74, 6) is 0.418. The van der Waals surface area contributed by atoms with E-state index in [0.29, 0.717) is 5.92 Å². The number of aromatic nitrogens is 2. The van der Waals surface area contributed by atoms with Gasteiger partial charge in [0.2, 0.25) is 0 Å². The molecule has 1 aliphatic rings. The number of hydrogen-bond acceptors (Lipinski definition) is 3. The van der Waals surface area contributed by atoms with Crippen molar-refractivity contribution in [3.05, 3.63) is 35.8 Å². The Kier molecular flexibility index (Phi) is 3.29. The first-order chi connectivity index (χ1) is 9.13. The highest BCUT2D eigenvalue weighted by molar-refractivity contribution is 5.42. The third-order valence-corrected chi connectivity index (χ3v) is 4.12. The van der Waals surface area contributed by atoms with Crippen LogP contribution in [-0.4, -0.2) is 38.6 Å². The molecule has 3 rings (SSSR count). The lowest BCUT2D eigenvalue weighted by Crippen LogP contribution is -2.24. The van der Waals surface area contributed by atoms with Crippen LogP contribution in [-0.2, 0) is 6.54 Å². The quantitative estimate of drug-likeness (QED) is 0.914. The molecule has 0 bridgehead atoms.